The molecule has 4 aromatic heterocycles. The van der Waals surface area contributed by atoms with Crippen LogP contribution in [-0.2, 0) is 48.7 Å². The molecule has 0 amide bonds. The predicted octanol–water partition coefficient (Wildman–Crippen LogP) is 1.22. The first-order valence-electron chi connectivity index (χ1n) is 13.0. The molecule has 0 aromatic carbocycles. The smallest absolute Gasteiger partial charge is 0.382 e. The minimum absolute atomic E-state index is 0.107. The van der Waals surface area contributed by atoms with E-state index in [0.717, 1.165) is 0 Å². The third kappa shape index (κ3) is 4.69. The molecule has 4 aliphatic heterocycles. The van der Waals surface area contributed by atoms with Crippen molar-refractivity contribution in [2.24, 2.45) is 0 Å². The molecule has 3 unspecified atom stereocenters. The van der Waals surface area contributed by atoms with Crippen LogP contribution in [0.3, 0.4) is 0 Å². The maximum atomic E-state index is 16.0. The van der Waals surface area contributed by atoms with Gasteiger partial charge >= 0.3 is 13.5 Å². The van der Waals surface area contributed by atoms with Crippen LogP contribution in [0, 0.1) is 0 Å². The van der Waals surface area contributed by atoms with Crippen molar-refractivity contribution in [2.45, 2.75) is 48.6 Å². The number of aromatic nitrogens is 8. The lowest BCUT2D eigenvalue weighted by Crippen LogP contribution is -2.46. The van der Waals surface area contributed by atoms with Crippen molar-refractivity contribution in [3.63, 3.8) is 0 Å². The summed E-state index contributed by atoms with van der Waals surface area (Å²) in [7, 11) is 0. The highest BCUT2D eigenvalue weighted by Gasteiger charge is 2.65. The number of fused-ring (bicyclic) bond motifs is 3. The summed E-state index contributed by atoms with van der Waals surface area (Å²) in [5.41, 5.74) is 5.83. The highest BCUT2D eigenvalue weighted by atomic mass is 32.7. The van der Waals surface area contributed by atoms with E-state index in [1.54, 1.807) is 4.57 Å². The summed E-state index contributed by atoms with van der Waals surface area (Å²) in [6.07, 6.45) is -2.10. The number of imidazole rings is 2. The van der Waals surface area contributed by atoms with E-state index in [-0.39, 0.29) is 12.4 Å². The zero-order valence-corrected chi connectivity index (χ0v) is 25.5. The average Bonchev–Trinajstić information content (AvgIpc) is 3.80. The van der Waals surface area contributed by atoms with Gasteiger partial charge in [-0.1, -0.05) is 12.2 Å². The molecule has 0 spiro atoms. The Morgan fingerprint density at radius 3 is 2.70 bits per heavy atom. The van der Waals surface area contributed by atoms with Crippen molar-refractivity contribution in [3.8, 4) is 0 Å². The second-order valence-electron chi connectivity index (χ2n) is 10.4. The Morgan fingerprint density at radius 2 is 1.84 bits per heavy atom. The minimum Gasteiger partial charge on any atom is -0.382 e. The molecule has 0 saturated carbocycles. The summed E-state index contributed by atoms with van der Waals surface area (Å²) in [5.74, 6) is 0.157. The number of anilines is 1. The van der Waals surface area contributed by atoms with Crippen LogP contribution in [0.2, 0.25) is 0 Å². The van der Waals surface area contributed by atoms with Crippen molar-refractivity contribution in [3.05, 3.63) is 31.5 Å². The van der Waals surface area contributed by atoms with Crippen molar-refractivity contribution >= 4 is 65.7 Å². The quantitative estimate of drug-likeness (QED) is 0.199. The molecule has 8 rings (SSSR count). The molecule has 44 heavy (non-hydrogen) atoms. The molecule has 8 heterocycles. The number of hydrogen-bond donors (Lipinski definition) is 3. The second kappa shape index (κ2) is 10.4. The summed E-state index contributed by atoms with van der Waals surface area (Å²) < 4.78 is 73.7. The average molecular weight is 690 g/mol. The van der Waals surface area contributed by atoms with Gasteiger partial charge in [-0.3, -0.25) is 22.7 Å². The molecule has 4 fully saturated rings. The van der Waals surface area contributed by atoms with Crippen LogP contribution in [0.25, 0.3) is 22.3 Å². The van der Waals surface area contributed by atoms with Gasteiger partial charge in [-0.05, 0) is 11.8 Å². The first-order chi connectivity index (χ1) is 21.0. The SMILES string of the molecule is Nc1ncnc2c1ncn2[C@@H]1OC23CO[C@@H]1[C@@H]2OP(=O)(S)OC[C@H]1O[C@@H](n2cnc4cncnc42)[C@H](F)[C@@H]1OP(O)(=S)OC3. The number of alkyl halides is 1. The molecule has 23 heteroatoms. The highest BCUT2D eigenvalue weighted by Crippen LogP contribution is 2.61. The Kier molecular flexibility index (Phi) is 6.88. The molecule has 3 N–H and O–H groups in total. The lowest BCUT2D eigenvalue weighted by Gasteiger charge is -2.34. The van der Waals surface area contributed by atoms with Gasteiger partial charge in [0.1, 0.15) is 53.7 Å². The van der Waals surface area contributed by atoms with Gasteiger partial charge in [0.2, 0.25) is 0 Å². The predicted molar refractivity (Wildman–Crippen MR) is 151 cm³/mol. The summed E-state index contributed by atoms with van der Waals surface area (Å²) in [6.45, 7) is -9.44. The number of ether oxygens (including phenoxy) is 3. The summed E-state index contributed by atoms with van der Waals surface area (Å²) >= 11 is 9.46. The molecule has 0 aliphatic carbocycles. The van der Waals surface area contributed by atoms with Gasteiger partial charge in [0.25, 0.3) is 0 Å². The minimum atomic E-state index is -4.20. The molecule has 10 atom stereocenters. The fraction of sp³-hybridized carbons (Fsp3) is 0.524. The molecule has 4 aromatic rings. The summed E-state index contributed by atoms with van der Waals surface area (Å²) in [5, 5.41) is 0. The van der Waals surface area contributed by atoms with Gasteiger partial charge in [-0.25, -0.2) is 38.9 Å². The molecule has 4 saturated heterocycles. The lowest BCUT2D eigenvalue weighted by atomic mass is 10.0. The maximum Gasteiger partial charge on any atom is 0.386 e. The largest absolute Gasteiger partial charge is 0.386 e. The molecule has 18 nitrogen and oxygen atoms in total. The fourth-order valence-electron chi connectivity index (χ4n) is 5.80. The van der Waals surface area contributed by atoms with E-state index in [9.17, 15) is 9.46 Å². The number of thiol groups is 1. The molecular formula is C21H22FN9O9P2S2. The number of hydrogen-bond acceptors (Lipinski definition) is 16. The van der Waals surface area contributed by atoms with E-state index >= 15 is 4.39 Å². The Morgan fingerprint density at radius 1 is 1.05 bits per heavy atom. The summed E-state index contributed by atoms with van der Waals surface area (Å²) in [6, 6.07) is 0. The van der Waals surface area contributed by atoms with Crippen LogP contribution in [0.15, 0.2) is 31.5 Å². The van der Waals surface area contributed by atoms with E-state index in [4.69, 9.17) is 49.8 Å². The third-order valence-corrected chi connectivity index (χ3v) is 10.9. The molecule has 234 valence electrons. The zero-order chi connectivity index (χ0) is 30.4. The second-order valence-corrected chi connectivity index (χ2v) is 16.1. The van der Waals surface area contributed by atoms with Crippen molar-refractivity contribution in [1.82, 2.24) is 39.0 Å². The number of nitrogen functional groups attached to an aromatic ring is 1. The number of nitrogens with two attached hydrogens (primary N) is 1. The lowest BCUT2D eigenvalue weighted by molar-refractivity contribution is -0.183. The zero-order valence-electron chi connectivity index (χ0n) is 22.0. The maximum absolute atomic E-state index is 16.0. The molecule has 0 radical (unpaired) electrons. The van der Waals surface area contributed by atoms with Gasteiger partial charge in [0, 0.05) is 0 Å². The molecule has 4 aliphatic rings. The van der Waals surface area contributed by atoms with Crippen molar-refractivity contribution < 1.29 is 46.2 Å². The van der Waals surface area contributed by atoms with Crippen LogP contribution in [0.4, 0.5) is 10.2 Å². The highest BCUT2D eigenvalue weighted by molar-refractivity contribution is 8.44. The van der Waals surface area contributed by atoms with Crippen molar-refractivity contribution in [2.75, 3.05) is 25.6 Å². The van der Waals surface area contributed by atoms with Gasteiger partial charge < -0.3 is 29.4 Å². The number of halogens is 1. The fourth-order valence-corrected chi connectivity index (χ4v) is 8.76. The normalized spacial score (nSPS) is 40.9. The summed E-state index contributed by atoms with van der Waals surface area (Å²) in [4.78, 5) is 35.8. The van der Waals surface area contributed by atoms with E-state index in [1.807, 2.05) is 0 Å². The van der Waals surface area contributed by atoms with Gasteiger partial charge in [-0.15, -0.1) is 0 Å². The van der Waals surface area contributed by atoms with Crippen LogP contribution in [0.1, 0.15) is 12.5 Å². The monoisotopic (exact) mass is 689 g/mol. The molecule has 2 bridgehead atoms. The Hall–Kier alpha value is -2.26. The Balaban J connectivity index is 1.10. The van der Waals surface area contributed by atoms with Crippen LogP contribution in [0.5, 0.6) is 0 Å². The Bertz CT molecular complexity index is 1870. The van der Waals surface area contributed by atoms with Crippen molar-refractivity contribution in [1.29, 1.82) is 0 Å². The van der Waals surface area contributed by atoms with E-state index in [1.165, 1.54) is 36.1 Å². The van der Waals surface area contributed by atoms with E-state index in [2.05, 4.69) is 42.2 Å². The third-order valence-electron chi connectivity index (χ3n) is 7.79. The van der Waals surface area contributed by atoms with E-state index < -0.39 is 75.4 Å². The van der Waals surface area contributed by atoms with Crippen LogP contribution >= 0.6 is 25.8 Å². The standard InChI is InChI=1S/C21H22FN9O9P2S2/c22-11-13-10(37-19(11)30-7-28-9-1-24-5-26-17(9)30)2-35-41(32,43)40-15-14-20(31-8-29-12-16(23)25-6-27-18(12)31)38-21(15,3-34-14)4-36-42(33,44)39-13/h1,5-8,10-11,13-15,19-20H,2-4H2,(H,32,43)(H,33,44)(H2,23,25,27)/t10-,11-,13-,14-,15+,19-,20-,21?,41?,42?/m1/s1. The molecular weight excluding hydrogens is 667 g/mol. The van der Waals surface area contributed by atoms with Gasteiger partial charge in [0.05, 0.1) is 38.7 Å². The van der Waals surface area contributed by atoms with Crippen LogP contribution in [-0.4, -0.2) is 99.9 Å². The first-order valence-corrected chi connectivity index (χ1v) is 18.3. The number of nitrogens with zero attached hydrogens (tertiary/aromatic N) is 8. The van der Waals surface area contributed by atoms with Gasteiger partial charge in [-0.2, -0.15) is 0 Å². The number of rotatable bonds is 2. The topological polar surface area (TPSA) is 215 Å². The Labute approximate surface area is 256 Å². The van der Waals surface area contributed by atoms with Gasteiger partial charge in [0.15, 0.2) is 35.7 Å². The first kappa shape index (κ1) is 29.2. The van der Waals surface area contributed by atoms with E-state index in [0.29, 0.717) is 22.3 Å². The van der Waals surface area contributed by atoms with Crippen LogP contribution < -0.4 is 5.73 Å².